The van der Waals surface area contributed by atoms with Crippen molar-refractivity contribution in [2.75, 3.05) is 13.2 Å². The van der Waals surface area contributed by atoms with Crippen molar-refractivity contribution in [1.29, 1.82) is 0 Å². The fraction of sp³-hybridized carbons (Fsp3) is 0.263. The third-order valence-corrected chi connectivity index (χ3v) is 3.15. The second-order valence-corrected chi connectivity index (χ2v) is 5.00. The number of ether oxygens (including phenoxy) is 3. The van der Waals surface area contributed by atoms with E-state index in [2.05, 4.69) is 10.5 Å². The molecule has 0 atom stereocenters. The van der Waals surface area contributed by atoms with Gasteiger partial charge >= 0.3 is 6.09 Å². The first kappa shape index (κ1) is 18.3. The molecule has 2 aromatic rings. The van der Waals surface area contributed by atoms with Crippen LogP contribution in [-0.2, 0) is 11.3 Å². The number of benzene rings is 2. The molecular formula is C19H22N2O4. The summed E-state index contributed by atoms with van der Waals surface area (Å²) in [6.45, 7) is 4.90. The zero-order valence-corrected chi connectivity index (χ0v) is 14.4. The van der Waals surface area contributed by atoms with Gasteiger partial charge in [0.1, 0.15) is 6.61 Å². The van der Waals surface area contributed by atoms with Crippen molar-refractivity contribution in [2.45, 2.75) is 20.5 Å². The van der Waals surface area contributed by atoms with Gasteiger partial charge in [0.25, 0.3) is 0 Å². The van der Waals surface area contributed by atoms with Crippen molar-refractivity contribution < 1.29 is 19.0 Å². The molecule has 0 saturated heterocycles. The van der Waals surface area contributed by atoms with Crippen LogP contribution in [0.4, 0.5) is 4.79 Å². The van der Waals surface area contributed by atoms with E-state index in [4.69, 9.17) is 14.2 Å². The van der Waals surface area contributed by atoms with E-state index in [1.807, 2.05) is 49.4 Å². The van der Waals surface area contributed by atoms with Crippen molar-refractivity contribution in [2.24, 2.45) is 5.10 Å². The minimum Gasteiger partial charge on any atom is -0.490 e. The van der Waals surface area contributed by atoms with Crippen molar-refractivity contribution in [3.63, 3.8) is 0 Å². The molecule has 0 fully saturated rings. The second kappa shape index (κ2) is 9.97. The van der Waals surface area contributed by atoms with Crippen molar-refractivity contribution in [3.05, 3.63) is 59.7 Å². The fourth-order valence-electron chi connectivity index (χ4n) is 2.05. The first-order valence-electron chi connectivity index (χ1n) is 8.12. The highest BCUT2D eigenvalue weighted by atomic mass is 16.5. The lowest BCUT2D eigenvalue weighted by Gasteiger charge is -2.12. The zero-order chi connectivity index (χ0) is 17.9. The highest BCUT2D eigenvalue weighted by Crippen LogP contribution is 2.28. The number of nitrogens with one attached hydrogen (secondary N) is 1. The molecular weight excluding hydrogens is 320 g/mol. The van der Waals surface area contributed by atoms with Crippen molar-refractivity contribution in [3.8, 4) is 11.5 Å². The SMILES string of the molecule is CCOC(=O)NN=Cc1ccc(OCc2ccccc2)c(OCC)c1. The van der Waals surface area contributed by atoms with Gasteiger partial charge < -0.3 is 14.2 Å². The number of hydrazone groups is 1. The maximum Gasteiger partial charge on any atom is 0.427 e. The lowest BCUT2D eigenvalue weighted by Crippen LogP contribution is -2.18. The van der Waals surface area contributed by atoms with E-state index in [-0.39, 0.29) is 0 Å². The molecule has 25 heavy (non-hydrogen) atoms. The molecule has 0 spiro atoms. The van der Waals surface area contributed by atoms with E-state index in [0.717, 1.165) is 11.1 Å². The molecule has 0 saturated carbocycles. The third kappa shape index (κ3) is 6.18. The van der Waals surface area contributed by atoms with E-state index < -0.39 is 6.09 Å². The Hall–Kier alpha value is -3.02. The van der Waals surface area contributed by atoms with Crippen LogP contribution in [0.3, 0.4) is 0 Å². The zero-order valence-electron chi connectivity index (χ0n) is 14.4. The summed E-state index contributed by atoms with van der Waals surface area (Å²) in [5, 5.41) is 3.84. The topological polar surface area (TPSA) is 69.2 Å². The van der Waals surface area contributed by atoms with Gasteiger partial charge in [-0.1, -0.05) is 30.3 Å². The van der Waals surface area contributed by atoms with E-state index in [1.165, 1.54) is 6.21 Å². The first-order valence-corrected chi connectivity index (χ1v) is 8.12. The lowest BCUT2D eigenvalue weighted by atomic mass is 10.2. The molecule has 132 valence electrons. The quantitative estimate of drug-likeness (QED) is 0.586. The number of carbonyl (C=O) groups is 1. The first-order chi connectivity index (χ1) is 12.2. The van der Waals surface area contributed by atoms with Gasteiger partial charge in [-0.2, -0.15) is 5.10 Å². The van der Waals surface area contributed by atoms with Gasteiger partial charge in [0.15, 0.2) is 11.5 Å². The Bertz CT molecular complexity index is 702. The highest BCUT2D eigenvalue weighted by molar-refractivity contribution is 5.82. The van der Waals surface area contributed by atoms with Crippen LogP contribution < -0.4 is 14.9 Å². The van der Waals surface area contributed by atoms with Gasteiger partial charge in [-0.3, -0.25) is 0 Å². The van der Waals surface area contributed by atoms with Gasteiger partial charge in [-0.25, -0.2) is 10.2 Å². The van der Waals surface area contributed by atoms with Crippen molar-refractivity contribution in [1.82, 2.24) is 5.43 Å². The maximum atomic E-state index is 11.2. The van der Waals surface area contributed by atoms with E-state index in [1.54, 1.807) is 13.0 Å². The average molecular weight is 342 g/mol. The largest absolute Gasteiger partial charge is 0.490 e. The highest BCUT2D eigenvalue weighted by Gasteiger charge is 2.06. The Morgan fingerprint density at radius 2 is 1.84 bits per heavy atom. The summed E-state index contributed by atoms with van der Waals surface area (Å²) in [7, 11) is 0. The minimum atomic E-state index is -0.591. The molecule has 2 rings (SSSR count). The molecule has 0 heterocycles. The molecule has 1 amide bonds. The molecule has 0 aromatic heterocycles. The molecule has 6 heteroatoms. The second-order valence-electron chi connectivity index (χ2n) is 5.00. The van der Waals surface area contributed by atoms with Gasteiger partial charge in [0.05, 0.1) is 19.4 Å². The number of carbonyl (C=O) groups excluding carboxylic acids is 1. The van der Waals surface area contributed by atoms with Gasteiger partial charge in [0, 0.05) is 0 Å². The van der Waals surface area contributed by atoms with E-state index in [0.29, 0.717) is 31.3 Å². The molecule has 0 aliphatic rings. The molecule has 6 nitrogen and oxygen atoms in total. The Balaban J connectivity index is 2.03. The number of amides is 1. The van der Waals surface area contributed by atoms with Crippen LogP contribution in [0, 0.1) is 0 Å². The van der Waals surface area contributed by atoms with Crippen LogP contribution in [0.1, 0.15) is 25.0 Å². The van der Waals surface area contributed by atoms with Gasteiger partial charge in [-0.15, -0.1) is 0 Å². The van der Waals surface area contributed by atoms with E-state index >= 15 is 0 Å². The summed E-state index contributed by atoms with van der Waals surface area (Å²) in [5.74, 6) is 1.28. The summed E-state index contributed by atoms with van der Waals surface area (Å²) in [4.78, 5) is 11.2. The smallest absolute Gasteiger partial charge is 0.427 e. The summed E-state index contributed by atoms with van der Waals surface area (Å²) in [6.07, 6.45) is 0.923. The average Bonchev–Trinajstić information content (AvgIpc) is 2.62. The van der Waals surface area contributed by atoms with Gasteiger partial charge in [-0.05, 0) is 43.2 Å². The number of nitrogens with zero attached hydrogens (tertiary/aromatic N) is 1. The van der Waals surface area contributed by atoms with Crippen molar-refractivity contribution >= 4 is 12.3 Å². The normalized spacial score (nSPS) is 10.5. The van der Waals surface area contributed by atoms with Crippen LogP contribution in [0.2, 0.25) is 0 Å². The van der Waals surface area contributed by atoms with Crippen LogP contribution in [0.25, 0.3) is 0 Å². The summed E-state index contributed by atoms with van der Waals surface area (Å²) < 4.78 is 16.2. The molecule has 2 aromatic carbocycles. The standard InChI is InChI=1S/C19H22N2O4/c1-3-23-18-12-16(13-20-21-19(22)24-4-2)10-11-17(18)25-14-15-8-6-5-7-9-15/h5-13H,3-4,14H2,1-2H3,(H,21,22). The minimum absolute atomic E-state index is 0.295. The monoisotopic (exact) mass is 342 g/mol. The third-order valence-electron chi connectivity index (χ3n) is 3.15. The van der Waals surface area contributed by atoms with Crippen LogP contribution >= 0.6 is 0 Å². The Morgan fingerprint density at radius 1 is 1.04 bits per heavy atom. The summed E-state index contributed by atoms with van der Waals surface area (Å²) >= 11 is 0. The molecule has 0 bridgehead atoms. The molecule has 0 unspecified atom stereocenters. The molecule has 1 N–H and O–H groups in total. The molecule has 0 radical (unpaired) electrons. The van der Waals surface area contributed by atoms with Crippen LogP contribution in [-0.4, -0.2) is 25.5 Å². The predicted molar refractivity (Wildman–Crippen MR) is 96.1 cm³/mol. The predicted octanol–water partition coefficient (Wildman–Crippen LogP) is 3.74. The van der Waals surface area contributed by atoms with Crippen LogP contribution in [0.15, 0.2) is 53.6 Å². The van der Waals surface area contributed by atoms with E-state index in [9.17, 15) is 4.79 Å². The fourth-order valence-corrected chi connectivity index (χ4v) is 2.05. The molecule has 0 aliphatic carbocycles. The summed E-state index contributed by atoms with van der Waals surface area (Å²) in [5.41, 5.74) is 4.13. The lowest BCUT2D eigenvalue weighted by molar-refractivity contribution is 0.152. The molecule has 0 aliphatic heterocycles. The number of hydrogen-bond acceptors (Lipinski definition) is 5. The Morgan fingerprint density at radius 3 is 2.56 bits per heavy atom. The summed E-state index contributed by atoms with van der Waals surface area (Å²) in [6, 6.07) is 15.4. The van der Waals surface area contributed by atoms with Gasteiger partial charge in [0.2, 0.25) is 0 Å². The number of rotatable bonds is 8. The Kier molecular flexibility index (Phi) is 7.31. The Labute approximate surface area is 147 Å². The van der Waals surface area contributed by atoms with Crippen LogP contribution in [0.5, 0.6) is 11.5 Å². The number of hydrogen-bond donors (Lipinski definition) is 1. The maximum absolute atomic E-state index is 11.2.